The quantitative estimate of drug-likeness (QED) is 0.615. The van der Waals surface area contributed by atoms with Gasteiger partial charge in [-0.3, -0.25) is 0 Å². The highest BCUT2D eigenvalue weighted by atomic mass is 15.5. The molecule has 2 nitrogen and oxygen atoms in total. The van der Waals surface area contributed by atoms with Crippen molar-refractivity contribution in [3.63, 3.8) is 0 Å². The van der Waals surface area contributed by atoms with Crippen molar-refractivity contribution in [2.75, 3.05) is 7.05 Å². The van der Waals surface area contributed by atoms with Gasteiger partial charge in [0.2, 0.25) is 0 Å². The first-order valence-electron chi connectivity index (χ1n) is 5.47. The average Bonchev–Trinajstić information content (AvgIpc) is 2.27. The summed E-state index contributed by atoms with van der Waals surface area (Å²) in [5.41, 5.74) is 5.04. The molecule has 0 amide bonds. The largest absolute Gasteiger partial charge is 0.315 e. The molecule has 2 rings (SSSR count). The third-order valence-electron chi connectivity index (χ3n) is 3.28. The Morgan fingerprint density at radius 1 is 1.38 bits per heavy atom. The molecular weight excluding hydrogens is 160 g/mol. The Hall–Kier alpha value is -0.500. The van der Waals surface area contributed by atoms with Gasteiger partial charge in [0.15, 0.2) is 0 Å². The van der Waals surface area contributed by atoms with Crippen LogP contribution in [0, 0.1) is 5.92 Å². The number of nitrogens with one attached hydrogen (secondary N) is 1. The minimum atomic E-state index is 0.636. The lowest BCUT2D eigenvalue weighted by Crippen LogP contribution is -2.39. The summed E-state index contributed by atoms with van der Waals surface area (Å²) in [6.07, 6.45) is 9.14. The van der Waals surface area contributed by atoms with Gasteiger partial charge in [-0.15, -0.1) is 0 Å². The molecule has 1 saturated heterocycles. The molecule has 0 spiro atoms. The van der Waals surface area contributed by atoms with Gasteiger partial charge >= 0.3 is 0 Å². The van der Waals surface area contributed by atoms with Gasteiger partial charge in [-0.2, -0.15) is 0 Å². The lowest BCUT2D eigenvalue weighted by atomic mass is 9.88. The van der Waals surface area contributed by atoms with E-state index >= 15 is 0 Å². The first kappa shape index (κ1) is 9.07. The Morgan fingerprint density at radius 3 is 3.08 bits per heavy atom. The summed E-state index contributed by atoms with van der Waals surface area (Å²) in [5, 5.41) is 2.25. The van der Waals surface area contributed by atoms with Crippen LogP contribution in [-0.2, 0) is 0 Å². The Labute approximate surface area is 81.0 Å². The van der Waals surface area contributed by atoms with Crippen molar-refractivity contribution >= 4 is 0 Å². The van der Waals surface area contributed by atoms with Crippen molar-refractivity contribution in [1.82, 2.24) is 10.4 Å². The monoisotopic (exact) mass is 180 g/mol. The first-order valence-corrected chi connectivity index (χ1v) is 5.47. The molecule has 2 atom stereocenters. The Kier molecular flexibility index (Phi) is 2.58. The molecule has 1 fully saturated rings. The number of hydrogen-bond acceptors (Lipinski definition) is 2. The molecular formula is C11H20N2. The predicted molar refractivity (Wildman–Crippen MR) is 55.0 cm³/mol. The molecule has 2 aliphatic rings. The Bertz CT molecular complexity index is 210. The van der Waals surface area contributed by atoms with E-state index in [0.717, 1.165) is 5.92 Å². The molecule has 74 valence electrons. The summed E-state index contributed by atoms with van der Waals surface area (Å²) in [4.78, 5) is 0. The molecule has 1 N–H and O–H groups in total. The third-order valence-corrected chi connectivity index (χ3v) is 3.28. The van der Waals surface area contributed by atoms with Crippen LogP contribution < -0.4 is 5.43 Å². The Balaban J connectivity index is 2.15. The van der Waals surface area contributed by atoms with Crippen LogP contribution in [0.5, 0.6) is 0 Å². The zero-order chi connectivity index (χ0) is 9.26. The molecule has 0 radical (unpaired) electrons. The number of allylic oxidation sites excluding steroid dienone is 2. The maximum atomic E-state index is 3.51. The number of fused-ring (bicyclic) bond motifs is 1. The smallest absolute Gasteiger partial charge is 0.0281 e. The van der Waals surface area contributed by atoms with E-state index in [1.165, 1.54) is 37.8 Å². The predicted octanol–water partition coefficient (Wildman–Crippen LogP) is 2.29. The zero-order valence-electron chi connectivity index (χ0n) is 8.71. The number of rotatable bonds is 0. The molecule has 1 aliphatic heterocycles. The minimum Gasteiger partial charge on any atom is -0.315 e. The van der Waals surface area contributed by atoms with E-state index in [1.807, 2.05) is 0 Å². The second-order valence-electron chi connectivity index (χ2n) is 4.42. The molecule has 0 saturated carbocycles. The molecule has 0 aromatic rings. The third kappa shape index (κ3) is 1.88. The van der Waals surface area contributed by atoms with Gasteiger partial charge in [-0.25, -0.2) is 5.43 Å². The molecule has 1 aliphatic carbocycles. The highest BCUT2D eigenvalue weighted by molar-refractivity contribution is 5.09. The molecule has 0 bridgehead atoms. The fourth-order valence-electron chi connectivity index (χ4n) is 2.55. The van der Waals surface area contributed by atoms with Crippen LogP contribution in [0.3, 0.4) is 0 Å². The van der Waals surface area contributed by atoms with Gasteiger partial charge < -0.3 is 5.01 Å². The van der Waals surface area contributed by atoms with Gasteiger partial charge in [0.1, 0.15) is 0 Å². The van der Waals surface area contributed by atoms with E-state index in [9.17, 15) is 0 Å². The number of hydrogen-bond donors (Lipinski definition) is 1. The maximum Gasteiger partial charge on any atom is 0.0281 e. The van der Waals surface area contributed by atoms with Gasteiger partial charge in [0, 0.05) is 24.7 Å². The molecule has 0 aromatic carbocycles. The topological polar surface area (TPSA) is 15.3 Å². The summed E-state index contributed by atoms with van der Waals surface area (Å²) >= 11 is 0. The van der Waals surface area contributed by atoms with E-state index in [0.29, 0.717) is 6.04 Å². The molecule has 2 heteroatoms. The summed E-state index contributed by atoms with van der Waals surface area (Å²) in [5.74, 6) is 0.830. The fourth-order valence-corrected chi connectivity index (χ4v) is 2.55. The van der Waals surface area contributed by atoms with Gasteiger partial charge in [-0.05, 0) is 39.0 Å². The van der Waals surface area contributed by atoms with Crippen molar-refractivity contribution in [3.05, 3.63) is 11.8 Å². The van der Waals surface area contributed by atoms with Crippen molar-refractivity contribution in [1.29, 1.82) is 0 Å². The highest BCUT2D eigenvalue weighted by Gasteiger charge is 2.25. The number of nitrogens with zero attached hydrogens (tertiary/aromatic N) is 1. The van der Waals surface area contributed by atoms with Gasteiger partial charge in [0.05, 0.1) is 0 Å². The summed E-state index contributed by atoms with van der Waals surface area (Å²) in [6, 6.07) is 0.636. The van der Waals surface area contributed by atoms with Crippen LogP contribution in [0.1, 0.15) is 39.0 Å². The Morgan fingerprint density at radius 2 is 2.23 bits per heavy atom. The summed E-state index contributed by atoms with van der Waals surface area (Å²) in [7, 11) is 2.16. The van der Waals surface area contributed by atoms with Crippen LogP contribution in [0.4, 0.5) is 0 Å². The standard InChI is InChI=1S/C11H20N2/c1-9-7-8-10-5-3-4-6-11(10)13(2)12-9/h6,9-10,12H,3-5,7-8H2,1-2H3. The van der Waals surface area contributed by atoms with Crippen molar-refractivity contribution in [2.45, 2.75) is 45.1 Å². The van der Waals surface area contributed by atoms with E-state index in [4.69, 9.17) is 0 Å². The lowest BCUT2D eigenvalue weighted by Gasteiger charge is -2.29. The van der Waals surface area contributed by atoms with E-state index in [-0.39, 0.29) is 0 Å². The number of hydrazine groups is 1. The van der Waals surface area contributed by atoms with Gasteiger partial charge in [-0.1, -0.05) is 6.08 Å². The van der Waals surface area contributed by atoms with Gasteiger partial charge in [0.25, 0.3) is 0 Å². The van der Waals surface area contributed by atoms with Crippen LogP contribution in [0.25, 0.3) is 0 Å². The molecule has 1 heterocycles. The normalized spacial score (nSPS) is 34.9. The zero-order valence-corrected chi connectivity index (χ0v) is 8.71. The maximum absolute atomic E-state index is 3.51. The highest BCUT2D eigenvalue weighted by Crippen LogP contribution is 2.32. The molecule has 2 unspecified atom stereocenters. The SMILES string of the molecule is CC1CCC2CCCC=C2N(C)N1. The van der Waals surface area contributed by atoms with Crippen LogP contribution in [0.2, 0.25) is 0 Å². The second kappa shape index (κ2) is 3.70. The molecule has 0 aromatic heterocycles. The van der Waals surface area contributed by atoms with Crippen LogP contribution in [-0.4, -0.2) is 18.1 Å². The van der Waals surface area contributed by atoms with Crippen LogP contribution >= 0.6 is 0 Å². The van der Waals surface area contributed by atoms with Crippen LogP contribution in [0.15, 0.2) is 11.8 Å². The lowest BCUT2D eigenvalue weighted by molar-refractivity contribution is 0.250. The second-order valence-corrected chi connectivity index (χ2v) is 4.42. The van der Waals surface area contributed by atoms with Crippen molar-refractivity contribution in [3.8, 4) is 0 Å². The molecule has 13 heavy (non-hydrogen) atoms. The van der Waals surface area contributed by atoms with Crippen molar-refractivity contribution in [2.24, 2.45) is 5.92 Å². The first-order chi connectivity index (χ1) is 6.27. The summed E-state index contributed by atoms with van der Waals surface area (Å²) < 4.78 is 0. The summed E-state index contributed by atoms with van der Waals surface area (Å²) in [6.45, 7) is 2.27. The average molecular weight is 180 g/mol. The van der Waals surface area contributed by atoms with Crippen molar-refractivity contribution < 1.29 is 0 Å². The van der Waals surface area contributed by atoms with E-state index in [1.54, 1.807) is 0 Å². The fraction of sp³-hybridized carbons (Fsp3) is 0.818. The van der Waals surface area contributed by atoms with E-state index in [2.05, 4.69) is 30.5 Å². The van der Waals surface area contributed by atoms with E-state index < -0.39 is 0 Å². The minimum absolute atomic E-state index is 0.636.